The third kappa shape index (κ3) is 7.05. The molecule has 1 aliphatic rings. The highest BCUT2D eigenvalue weighted by Crippen LogP contribution is 2.32. The number of thiophene rings is 1. The van der Waals surface area contributed by atoms with Crippen LogP contribution in [-0.2, 0) is 17.6 Å². The summed E-state index contributed by atoms with van der Waals surface area (Å²) in [5.74, 6) is 1.26. The van der Waals surface area contributed by atoms with Gasteiger partial charge in [-0.25, -0.2) is 0 Å². The smallest absolute Gasteiger partial charge is 0.303 e. The summed E-state index contributed by atoms with van der Waals surface area (Å²) >= 11 is 1.86. The van der Waals surface area contributed by atoms with Gasteiger partial charge in [-0.15, -0.1) is 11.3 Å². The first kappa shape index (κ1) is 25.6. The summed E-state index contributed by atoms with van der Waals surface area (Å²) < 4.78 is 5.42. The number of hydrogen-bond acceptors (Lipinski definition) is 5. The van der Waals surface area contributed by atoms with E-state index in [1.54, 1.807) is 7.11 Å². The highest BCUT2D eigenvalue weighted by atomic mass is 32.1. The average molecular weight is 495 g/mol. The Morgan fingerprint density at radius 2 is 2.06 bits per heavy atom. The summed E-state index contributed by atoms with van der Waals surface area (Å²) in [4.78, 5) is 19.9. The van der Waals surface area contributed by atoms with Crippen molar-refractivity contribution in [1.29, 1.82) is 0 Å². The molecule has 2 atom stereocenters. The maximum absolute atomic E-state index is 11.3. The molecule has 5 nitrogen and oxygen atoms in total. The van der Waals surface area contributed by atoms with Gasteiger partial charge in [-0.3, -0.25) is 9.78 Å². The van der Waals surface area contributed by atoms with Gasteiger partial charge in [0.25, 0.3) is 0 Å². The summed E-state index contributed by atoms with van der Waals surface area (Å²) in [7, 11) is 1.70. The number of methoxy groups -OCH3 is 1. The van der Waals surface area contributed by atoms with Gasteiger partial charge in [-0.2, -0.15) is 0 Å². The molecule has 0 spiro atoms. The molecule has 4 rings (SSSR count). The summed E-state index contributed by atoms with van der Waals surface area (Å²) in [6, 6.07) is 10.4. The second kappa shape index (κ2) is 12.5. The molecule has 3 aromatic rings. The molecule has 2 aromatic heterocycles. The quantitative estimate of drug-likeness (QED) is 0.317. The molecule has 0 amide bonds. The summed E-state index contributed by atoms with van der Waals surface area (Å²) in [5.41, 5.74) is 3.74. The van der Waals surface area contributed by atoms with Crippen LogP contribution in [0.3, 0.4) is 0 Å². The summed E-state index contributed by atoms with van der Waals surface area (Å²) in [6.45, 7) is 5.48. The molecular formula is C29H38N2O3S. The van der Waals surface area contributed by atoms with Crippen LogP contribution in [-0.4, -0.2) is 47.7 Å². The first-order valence-corrected chi connectivity index (χ1v) is 13.8. The Morgan fingerprint density at radius 1 is 1.17 bits per heavy atom. The van der Waals surface area contributed by atoms with Crippen molar-refractivity contribution in [3.63, 3.8) is 0 Å². The Morgan fingerprint density at radius 3 is 2.83 bits per heavy atom. The van der Waals surface area contributed by atoms with Crippen molar-refractivity contribution in [3.8, 4) is 5.75 Å². The topological polar surface area (TPSA) is 62.7 Å². The number of hydrogen-bond donors (Lipinski definition) is 1. The molecule has 1 aliphatic heterocycles. The summed E-state index contributed by atoms with van der Waals surface area (Å²) in [6.07, 6.45) is 9.74. The lowest BCUT2D eigenvalue weighted by Gasteiger charge is -2.39. The van der Waals surface area contributed by atoms with E-state index in [-0.39, 0.29) is 6.42 Å². The zero-order valence-electron chi connectivity index (χ0n) is 21.0. The maximum Gasteiger partial charge on any atom is 0.303 e. The normalized spacial score (nSPS) is 18.7. The number of fused-ring (bicyclic) bond motifs is 1. The Labute approximate surface area is 213 Å². The molecule has 0 bridgehead atoms. The van der Waals surface area contributed by atoms with E-state index < -0.39 is 5.97 Å². The Hall–Kier alpha value is -2.44. The first-order valence-electron chi connectivity index (χ1n) is 12.9. The number of carboxylic acids is 1. The Bertz CT molecular complexity index is 1110. The third-order valence-electron chi connectivity index (χ3n) is 7.61. The van der Waals surface area contributed by atoms with Crippen LogP contribution >= 0.6 is 11.3 Å². The number of aromatic nitrogens is 1. The van der Waals surface area contributed by atoms with Gasteiger partial charge < -0.3 is 14.7 Å². The van der Waals surface area contributed by atoms with Crippen LogP contribution in [0.25, 0.3) is 10.9 Å². The predicted molar refractivity (Wildman–Crippen MR) is 144 cm³/mol. The van der Waals surface area contributed by atoms with Crippen molar-refractivity contribution in [3.05, 3.63) is 57.9 Å². The van der Waals surface area contributed by atoms with E-state index in [1.165, 1.54) is 34.2 Å². The van der Waals surface area contributed by atoms with E-state index in [0.29, 0.717) is 11.8 Å². The second-order valence-electron chi connectivity index (χ2n) is 9.92. The standard InChI is InChI=1S/C29H38N2O3S/c1-21-14-18-35-28(21)7-4-16-31-17-13-22(24(20-31)8-11-29(32)33)5-3-6-23-12-15-30-27-10-9-25(34-2)19-26(23)27/h9-10,12,14-15,18-19,22,24H,3-8,11,13,16-17,20H2,1-2H3,(H,32,33)/t22-,24+/m1/s1. The van der Waals surface area contributed by atoms with Crippen molar-refractivity contribution in [2.75, 3.05) is 26.7 Å². The van der Waals surface area contributed by atoms with E-state index in [9.17, 15) is 9.90 Å². The van der Waals surface area contributed by atoms with Crippen molar-refractivity contribution < 1.29 is 14.6 Å². The van der Waals surface area contributed by atoms with Gasteiger partial charge in [0.1, 0.15) is 5.75 Å². The van der Waals surface area contributed by atoms with Crippen LogP contribution in [0.15, 0.2) is 41.9 Å². The van der Waals surface area contributed by atoms with Gasteiger partial charge in [-0.1, -0.05) is 0 Å². The highest BCUT2D eigenvalue weighted by Gasteiger charge is 2.29. The van der Waals surface area contributed by atoms with Crippen molar-refractivity contribution >= 4 is 28.2 Å². The number of rotatable bonds is 12. The number of nitrogens with zero attached hydrogens (tertiary/aromatic N) is 2. The number of carbonyl (C=O) groups is 1. The maximum atomic E-state index is 11.3. The number of piperidine rings is 1. The van der Waals surface area contributed by atoms with Gasteiger partial charge in [0.15, 0.2) is 0 Å². The van der Waals surface area contributed by atoms with Crippen LogP contribution in [0.4, 0.5) is 0 Å². The molecule has 3 heterocycles. The molecule has 0 saturated carbocycles. The van der Waals surface area contributed by atoms with E-state index in [1.807, 2.05) is 29.7 Å². The molecule has 1 aromatic carbocycles. The van der Waals surface area contributed by atoms with Gasteiger partial charge in [0.2, 0.25) is 0 Å². The van der Waals surface area contributed by atoms with Crippen molar-refractivity contribution in [1.82, 2.24) is 9.88 Å². The fraction of sp³-hybridized carbons (Fsp3) is 0.517. The van der Waals surface area contributed by atoms with E-state index >= 15 is 0 Å². The largest absolute Gasteiger partial charge is 0.497 e. The van der Waals surface area contributed by atoms with Crippen molar-refractivity contribution in [2.45, 2.75) is 58.3 Å². The molecule has 0 unspecified atom stereocenters. The number of aliphatic carboxylic acids is 1. The van der Waals surface area contributed by atoms with Crippen LogP contribution in [0.1, 0.15) is 54.5 Å². The van der Waals surface area contributed by atoms with Crippen LogP contribution < -0.4 is 4.74 Å². The SMILES string of the molecule is COc1ccc2nccc(CCC[C@@H]3CCN(CCCc4sccc4C)C[C@@H]3CCC(=O)O)c2c1. The molecule has 6 heteroatoms. The number of carboxylic acid groups (broad SMARTS) is 1. The number of benzene rings is 1. The minimum Gasteiger partial charge on any atom is -0.497 e. The van der Waals surface area contributed by atoms with Crippen molar-refractivity contribution in [2.24, 2.45) is 11.8 Å². The van der Waals surface area contributed by atoms with Gasteiger partial charge >= 0.3 is 5.97 Å². The molecular weight excluding hydrogens is 456 g/mol. The second-order valence-corrected chi connectivity index (χ2v) is 10.9. The summed E-state index contributed by atoms with van der Waals surface area (Å²) in [5, 5.41) is 12.7. The molecule has 188 valence electrons. The predicted octanol–water partition coefficient (Wildman–Crippen LogP) is 6.37. The minimum absolute atomic E-state index is 0.276. The molecule has 1 saturated heterocycles. The van der Waals surface area contributed by atoms with Crippen LogP contribution in [0.5, 0.6) is 5.75 Å². The first-order chi connectivity index (χ1) is 17.0. The number of ether oxygens (including phenoxy) is 1. The number of likely N-dealkylation sites (tertiary alicyclic amines) is 1. The lowest BCUT2D eigenvalue weighted by atomic mass is 9.79. The zero-order valence-corrected chi connectivity index (χ0v) is 21.9. The zero-order chi connectivity index (χ0) is 24.6. The fourth-order valence-electron chi connectivity index (χ4n) is 5.58. The van der Waals surface area contributed by atoms with E-state index in [0.717, 1.165) is 63.0 Å². The third-order valence-corrected chi connectivity index (χ3v) is 8.69. The van der Waals surface area contributed by atoms with E-state index in [2.05, 4.69) is 40.4 Å². The Balaban J connectivity index is 1.32. The molecule has 0 aliphatic carbocycles. The van der Waals surface area contributed by atoms with Gasteiger partial charge in [-0.05, 0) is 124 Å². The van der Waals surface area contributed by atoms with Crippen LogP contribution in [0, 0.1) is 18.8 Å². The average Bonchev–Trinajstić information content (AvgIpc) is 3.28. The lowest BCUT2D eigenvalue weighted by Crippen LogP contribution is -2.41. The molecule has 0 radical (unpaired) electrons. The number of pyridine rings is 1. The molecule has 35 heavy (non-hydrogen) atoms. The molecule has 1 N–H and O–H groups in total. The van der Waals surface area contributed by atoms with Crippen LogP contribution in [0.2, 0.25) is 0 Å². The lowest BCUT2D eigenvalue weighted by molar-refractivity contribution is -0.137. The molecule has 1 fully saturated rings. The van der Waals surface area contributed by atoms with Gasteiger partial charge in [0, 0.05) is 29.4 Å². The number of aryl methyl sites for hydroxylation is 3. The van der Waals surface area contributed by atoms with E-state index in [4.69, 9.17) is 4.74 Å². The monoisotopic (exact) mass is 494 g/mol. The minimum atomic E-state index is -0.675. The van der Waals surface area contributed by atoms with Gasteiger partial charge in [0.05, 0.1) is 12.6 Å². The Kier molecular flexibility index (Phi) is 9.16. The fourth-order valence-corrected chi connectivity index (χ4v) is 6.53. The highest BCUT2D eigenvalue weighted by molar-refractivity contribution is 7.10.